The Hall–Kier alpha value is -2.65. The van der Waals surface area contributed by atoms with Crippen molar-refractivity contribution in [1.29, 1.82) is 0 Å². The van der Waals surface area contributed by atoms with Gasteiger partial charge in [-0.1, -0.05) is 42.3 Å². The Morgan fingerprint density at radius 2 is 1.80 bits per heavy atom. The van der Waals surface area contributed by atoms with E-state index in [9.17, 15) is 13.2 Å². The lowest BCUT2D eigenvalue weighted by atomic mass is 9.87. The van der Waals surface area contributed by atoms with Gasteiger partial charge in [-0.3, -0.25) is 9.69 Å². The van der Waals surface area contributed by atoms with Crippen molar-refractivity contribution in [2.24, 2.45) is 0 Å². The van der Waals surface area contributed by atoms with Crippen LogP contribution in [0.5, 0.6) is 0 Å². The second-order valence-corrected chi connectivity index (χ2v) is 13.7. The molecule has 1 amide bonds. The van der Waals surface area contributed by atoms with Gasteiger partial charge in [0, 0.05) is 49.0 Å². The highest BCUT2D eigenvalue weighted by molar-refractivity contribution is 7.89. The first-order valence-electron chi connectivity index (χ1n) is 14.4. The minimum atomic E-state index is -3.84. The molecular weight excluding hydrogens is 544 g/mol. The number of aromatic nitrogens is 1. The number of rotatable bonds is 7. The molecule has 2 aliphatic heterocycles. The molecule has 1 saturated heterocycles. The molecule has 212 valence electrons. The predicted octanol–water partition coefficient (Wildman–Crippen LogP) is 4.94. The van der Waals surface area contributed by atoms with Gasteiger partial charge in [0.1, 0.15) is 0 Å². The van der Waals surface area contributed by atoms with E-state index in [1.54, 1.807) is 18.2 Å². The zero-order valence-corrected chi connectivity index (χ0v) is 24.3. The van der Waals surface area contributed by atoms with Crippen LogP contribution in [0.25, 0.3) is 0 Å². The smallest absolute Gasteiger partial charge is 0.243 e. The van der Waals surface area contributed by atoms with Gasteiger partial charge in [0.15, 0.2) is 0 Å². The van der Waals surface area contributed by atoms with Crippen molar-refractivity contribution in [3.05, 3.63) is 88.2 Å². The maximum atomic E-state index is 13.7. The Labute approximate surface area is 242 Å². The molecule has 3 heterocycles. The Morgan fingerprint density at radius 3 is 2.62 bits per heavy atom. The van der Waals surface area contributed by atoms with Gasteiger partial charge in [0.25, 0.3) is 0 Å². The van der Waals surface area contributed by atoms with Crippen LogP contribution >= 0.6 is 11.6 Å². The molecule has 1 fully saturated rings. The summed E-state index contributed by atoms with van der Waals surface area (Å²) in [4.78, 5) is 16.1. The molecule has 2 aromatic carbocycles. The van der Waals surface area contributed by atoms with E-state index < -0.39 is 16.1 Å². The number of carbonyl (C=O) groups is 1. The topological polar surface area (TPSA) is 74.6 Å². The molecule has 2 unspecified atom stereocenters. The third-order valence-electron chi connectivity index (χ3n) is 8.62. The zero-order chi connectivity index (χ0) is 27.7. The molecule has 1 aliphatic carbocycles. The number of nitrogens with one attached hydrogen (secondary N) is 1. The molecule has 3 aromatic rings. The number of hydrogen-bond acceptors (Lipinski definition) is 4. The van der Waals surface area contributed by atoms with Crippen molar-refractivity contribution in [1.82, 2.24) is 19.1 Å². The van der Waals surface area contributed by atoms with E-state index in [0.717, 1.165) is 31.5 Å². The summed E-state index contributed by atoms with van der Waals surface area (Å²) in [6, 6.07) is 16.4. The number of halogens is 1. The third kappa shape index (κ3) is 5.86. The summed E-state index contributed by atoms with van der Waals surface area (Å²) in [6.45, 7) is 4.24. The quantitative estimate of drug-likeness (QED) is 0.430. The summed E-state index contributed by atoms with van der Waals surface area (Å²) in [5, 5.41) is 3.60. The molecule has 0 radical (unpaired) electrons. The molecule has 9 heteroatoms. The van der Waals surface area contributed by atoms with Crippen LogP contribution in [0, 0.1) is 0 Å². The summed E-state index contributed by atoms with van der Waals surface area (Å²) in [5.74, 6) is -0.124. The molecule has 0 spiro atoms. The van der Waals surface area contributed by atoms with Crippen molar-refractivity contribution in [3.8, 4) is 0 Å². The number of likely N-dealkylation sites (tertiary alicyclic amines) is 1. The third-order valence-corrected chi connectivity index (χ3v) is 10.8. The standard InChI is InChI=1S/C31H37ClN4O3S/c32-26-6-4-7-28(20-26)40(38,39)36-17-16-35-15-5-8-29(35)30(36)21-31(37)33-27-12-11-24-18-23(9-10-25(24)19-27)22-34-13-2-1-3-14-34/h4-10,15,18,20,27,30H,1-3,11-14,16-17,19,21-22H2,(H,33,37). The number of hydrogen-bond donors (Lipinski definition) is 1. The number of piperidine rings is 1. The number of fused-ring (bicyclic) bond motifs is 2. The summed E-state index contributed by atoms with van der Waals surface area (Å²) >= 11 is 6.12. The molecule has 2 atom stereocenters. The highest BCUT2D eigenvalue weighted by Crippen LogP contribution is 2.35. The van der Waals surface area contributed by atoms with Gasteiger partial charge in [0.05, 0.1) is 10.9 Å². The maximum absolute atomic E-state index is 13.7. The van der Waals surface area contributed by atoms with Crippen molar-refractivity contribution in [2.75, 3.05) is 19.6 Å². The van der Waals surface area contributed by atoms with Crippen LogP contribution in [0.3, 0.4) is 0 Å². The lowest BCUT2D eigenvalue weighted by Crippen LogP contribution is -2.45. The molecular formula is C31H37ClN4O3S. The first-order valence-corrected chi connectivity index (χ1v) is 16.2. The summed E-state index contributed by atoms with van der Waals surface area (Å²) in [6.07, 6.45) is 8.58. The molecule has 1 N–H and O–H groups in total. The Balaban J connectivity index is 1.13. The minimum absolute atomic E-state index is 0.0429. The van der Waals surface area contributed by atoms with E-state index in [1.165, 1.54) is 59.4 Å². The van der Waals surface area contributed by atoms with Gasteiger partial charge in [-0.05, 0) is 92.2 Å². The largest absolute Gasteiger partial charge is 0.353 e. The molecule has 6 rings (SSSR count). The summed E-state index contributed by atoms with van der Waals surface area (Å²) in [5.41, 5.74) is 4.91. The fourth-order valence-electron chi connectivity index (χ4n) is 6.57. The molecule has 0 saturated carbocycles. The average molecular weight is 581 g/mol. The molecule has 40 heavy (non-hydrogen) atoms. The molecule has 7 nitrogen and oxygen atoms in total. The average Bonchev–Trinajstić information content (AvgIpc) is 3.43. The molecule has 1 aromatic heterocycles. The monoisotopic (exact) mass is 580 g/mol. The van der Waals surface area contributed by atoms with Crippen molar-refractivity contribution in [3.63, 3.8) is 0 Å². The number of amides is 1. The fraction of sp³-hybridized carbons (Fsp3) is 0.452. The number of sulfonamides is 1. The van der Waals surface area contributed by atoms with Crippen molar-refractivity contribution < 1.29 is 13.2 Å². The van der Waals surface area contributed by atoms with E-state index in [2.05, 4.69) is 28.4 Å². The van der Waals surface area contributed by atoms with Crippen molar-refractivity contribution in [2.45, 2.75) is 75.0 Å². The maximum Gasteiger partial charge on any atom is 0.243 e. The number of nitrogens with zero attached hydrogens (tertiary/aromatic N) is 3. The van der Waals surface area contributed by atoms with Gasteiger partial charge in [-0.25, -0.2) is 8.42 Å². The van der Waals surface area contributed by atoms with Gasteiger partial charge < -0.3 is 9.88 Å². The highest BCUT2D eigenvalue weighted by atomic mass is 35.5. The highest BCUT2D eigenvalue weighted by Gasteiger charge is 2.38. The Kier molecular flexibility index (Phi) is 8.04. The second kappa shape index (κ2) is 11.7. The van der Waals surface area contributed by atoms with Crippen molar-refractivity contribution >= 4 is 27.5 Å². The van der Waals surface area contributed by atoms with Gasteiger partial charge in [0.2, 0.25) is 15.9 Å². The summed E-state index contributed by atoms with van der Waals surface area (Å²) in [7, 11) is -3.84. The van der Waals surface area contributed by atoms with E-state index in [-0.39, 0.29) is 23.3 Å². The molecule has 3 aliphatic rings. The van der Waals surface area contributed by atoms with Crippen LogP contribution in [0.2, 0.25) is 5.02 Å². The second-order valence-electron chi connectivity index (χ2n) is 11.4. The first-order chi connectivity index (χ1) is 19.4. The Morgan fingerprint density at radius 1 is 0.950 bits per heavy atom. The van der Waals surface area contributed by atoms with Crippen LogP contribution in [-0.2, 0) is 40.7 Å². The normalized spacial score (nSPS) is 21.9. The van der Waals surface area contributed by atoms with Crippen LogP contribution in [0.4, 0.5) is 0 Å². The number of carbonyl (C=O) groups excluding carboxylic acids is 1. The van der Waals surface area contributed by atoms with Crippen LogP contribution < -0.4 is 5.32 Å². The van der Waals surface area contributed by atoms with E-state index in [1.807, 2.05) is 22.9 Å². The van der Waals surface area contributed by atoms with Crippen LogP contribution in [0.15, 0.2) is 65.7 Å². The fourth-order valence-corrected chi connectivity index (χ4v) is 8.46. The van der Waals surface area contributed by atoms with Gasteiger partial charge in [-0.15, -0.1) is 0 Å². The summed E-state index contributed by atoms with van der Waals surface area (Å²) < 4.78 is 30.8. The lowest BCUT2D eigenvalue weighted by molar-refractivity contribution is -0.123. The zero-order valence-electron chi connectivity index (χ0n) is 22.8. The van der Waals surface area contributed by atoms with E-state index in [0.29, 0.717) is 18.1 Å². The lowest BCUT2D eigenvalue weighted by Gasteiger charge is -2.36. The number of aryl methyl sites for hydroxylation is 1. The number of benzene rings is 2. The minimum Gasteiger partial charge on any atom is -0.353 e. The van der Waals surface area contributed by atoms with Crippen LogP contribution in [-0.4, -0.2) is 53.8 Å². The van der Waals surface area contributed by atoms with Crippen LogP contribution in [0.1, 0.15) is 60.5 Å². The Bertz CT molecular complexity index is 1480. The molecule has 0 bridgehead atoms. The van der Waals surface area contributed by atoms with E-state index >= 15 is 0 Å². The van der Waals surface area contributed by atoms with Gasteiger partial charge >= 0.3 is 0 Å². The van der Waals surface area contributed by atoms with E-state index in [4.69, 9.17) is 11.6 Å². The SMILES string of the molecule is O=C(CC1c2cccn2CCN1S(=O)(=O)c1cccc(Cl)c1)NC1CCc2cc(CN3CCCCC3)ccc2C1. The predicted molar refractivity (Wildman–Crippen MR) is 157 cm³/mol. The first kappa shape index (κ1) is 27.5. The van der Waals surface area contributed by atoms with Gasteiger partial charge in [-0.2, -0.15) is 4.31 Å².